The lowest BCUT2D eigenvalue weighted by atomic mass is 9.88. The minimum atomic E-state index is -2.97. The van der Waals surface area contributed by atoms with Gasteiger partial charge < -0.3 is 140 Å². The van der Waals surface area contributed by atoms with E-state index in [0.717, 1.165) is 20.8 Å². The third kappa shape index (κ3) is 13.1. The second-order valence-electron chi connectivity index (χ2n) is 17.6. The topological polar surface area (TPSA) is 511 Å². The van der Waals surface area contributed by atoms with Crippen LogP contribution in [0.15, 0.2) is 0 Å². The van der Waals surface area contributed by atoms with Crippen molar-refractivity contribution in [3.63, 3.8) is 0 Å². The summed E-state index contributed by atoms with van der Waals surface area (Å²) in [5.74, 6) is -7.32. The molecule has 0 aromatic heterocycles. The van der Waals surface area contributed by atoms with Gasteiger partial charge in [0.1, 0.15) is 116 Å². The first-order valence-electron chi connectivity index (χ1n) is 22.2. The van der Waals surface area contributed by atoms with Gasteiger partial charge in [0, 0.05) is 27.2 Å². The zero-order valence-electron chi connectivity index (χ0n) is 38.1. The number of carbonyl (C=O) groups is 4. The van der Waals surface area contributed by atoms with E-state index >= 15 is 0 Å². The summed E-state index contributed by atoms with van der Waals surface area (Å²) < 4.78 is 50.8. The van der Waals surface area contributed by atoms with Gasteiger partial charge in [-0.25, -0.2) is 4.79 Å². The van der Waals surface area contributed by atoms with Gasteiger partial charge in [0.05, 0.1) is 45.2 Å². The van der Waals surface area contributed by atoms with Gasteiger partial charge in [-0.15, -0.1) is 0 Å². The molecule has 0 radical (unpaired) electrons. The lowest BCUT2D eigenvalue weighted by molar-refractivity contribution is -0.378. The van der Waals surface area contributed by atoms with Crippen LogP contribution in [0.25, 0.3) is 0 Å². The van der Waals surface area contributed by atoms with Gasteiger partial charge in [-0.2, -0.15) is 0 Å². The predicted octanol–water partition coefficient (Wildman–Crippen LogP) is -12.3. The van der Waals surface area contributed by atoms with Crippen LogP contribution >= 0.6 is 0 Å². The number of carboxylic acids is 1. The van der Waals surface area contributed by atoms with Crippen molar-refractivity contribution in [1.29, 1.82) is 0 Å². The molecule has 0 aromatic rings. The van der Waals surface area contributed by atoms with Gasteiger partial charge in [-0.05, 0) is 0 Å². The van der Waals surface area contributed by atoms with Crippen LogP contribution in [0.2, 0.25) is 0 Å². The first-order valence-corrected chi connectivity index (χ1v) is 22.2. The lowest BCUT2D eigenvalue weighted by Gasteiger charge is -2.50. The third-order valence-corrected chi connectivity index (χ3v) is 12.5. The molecule has 3 amide bonds. The van der Waals surface area contributed by atoms with E-state index in [2.05, 4.69) is 16.0 Å². The average molecular weight is 1040 g/mol. The molecule has 32 heteroatoms. The Morgan fingerprint density at radius 2 is 1.06 bits per heavy atom. The summed E-state index contributed by atoms with van der Waals surface area (Å²) in [7, 11) is 0. The summed E-state index contributed by atoms with van der Waals surface area (Å²) >= 11 is 0. The monoisotopic (exact) mass is 1040 g/mol. The first-order chi connectivity index (χ1) is 33.3. The van der Waals surface area contributed by atoms with E-state index in [1.54, 1.807) is 0 Å². The number of nitrogens with one attached hydrogen (secondary N) is 3. The number of amides is 3. The largest absolute Gasteiger partial charge is 0.477 e. The SMILES string of the molecule is CC(=O)N[C@H]1[C@H](O[C@H]2[C@@H](O)[C@@H](CO)O[C@@H](O[C@H]3[C@@H](O)[C@@H](CO)OC(O)[C@@H]3NC(C)=O)[C@@H]2O)O[C@H](CO)[C@@H](O[C@@H]2O[C@H](CO[C@]3(C(=O)O)C[C@H](O)[C@@H](NC(C)=O)[C@H]([C@H](O)[C@H](O)CO)O3)[C@H](O)[C@H](O)[C@H]2O)[C@@H]1O. The van der Waals surface area contributed by atoms with Gasteiger partial charge in [-0.1, -0.05) is 0 Å². The minimum absolute atomic E-state index is 0.741. The van der Waals surface area contributed by atoms with Crippen LogP contribution in [-0.2, 0) is 61.8 Å². The highest BCUT2D eigenvalue weighted by atomic mass is 16.8. The van der Waals surface area contributed by atoms with Gasteiger partial charge in [0.2, 0.25) is 17.7 Å². The molecule has 5 heterocycles. The molecule has 0 spiro atoms. The van der Waals surface area contributed by atoms with Crippen molar-refractivity contribution >= 4 is 23.7 Å². The van der Waals surface area contributed by atoms with Crippen molar-refractivity contribution in [2.75, 3.05) is 33.0 Å². The number of rotatable bonds is 19. The number of carbonyl (C=O) groups excluding carboxylic acids is 3. The quantitative estimate of drug-likeness (QED) is 0.0571. The molecule has 71 heavy (non-hydrogen) atoms. The Morgan fingerprint density at radius 3 is 1.62 bits per heavy atom. The summed E-state index contributed by atoms with van der Waals surface area (Å²) in [5.41, 5.74) is 0. The normalized spacial score (nSPS) is 45.0. The van der Waals surface area contributed by atoms with Crippen LogP contribution in [0.1, 0.15) is 27.2 Å². The van der Waals surface area contributed by atoms with Crippen LogP contribution in [0, 0.1) is 0 Å². The molecular weight excluding hydrogens is 974 g/mol. The summed E-state index contributed by atoms with van der Waals surface area (Å²) in [6.45, 7) is -2.07. The molecule has 32 nitrogen and oxygen atoms in total. The van der Waals surface area contributed by atoms with Crippen molar-refractivity contribution in [2.24, 2.45) is 0 Å². The molecule has 0 aromatic carbocycles. The van der Waals surface area contributed by atoms with Crippen molar-refractivity contribution in [3.8, 4) is 0 Å². The molecule has 0 bridgehead atoms. The second-order valence-corrected chi connectivity index (χ2v) is 17.6. The number of ether oxygens (including phenoxy) is 9. The summed E-state index contributed by atoms with van der Waals surface area (Å²) in [5, 5.41) is 178. The van der Waals surface area contributed by atoms with Crippen LogP contribution in [0.3, 0.4) is 0 Å². The highest BCUT2D eigenvalue weighted by Crippen LogP contribution is 2.37. The van der Waals surface area contributed by atoms with Crippen LogP contribution in [0.4, 0.5) is 0 Å². The maximum Gasteiger partial charge on any atom is 0.364 e. The van der Waals surface area contributed by atoms with Crippen LogP contribution < -0.4 is 16.0 Å². The molecule has 19 N–H and O–H groups in total. The van der Waals surface area contributed by atoms with E-state index in [-0.39, 0.29) is 0 Å². The molecular formula is C39H65N3O29. The van der Waals surface area contributed by atoms with Gasteiger partial charge in [0.25, 0.3) is 5.79 Å². The molecule has 5 aliphatic rings. The molecule has 1 unspecified atom stereocenters. The Kier molecular flexibility index (Phi) is 20.7. The average Bonchev–Trinajstić information content (AvgIpc) is 3.31. The van der Waals surface area contributed by atoms with E-state index in [1.165, 1.54) is 0 Å². The van der Waals surface area contributed by atoms with E-state index in [1.807, 2.05) is 0 Å². The number of aliphatic hydroxyl groups excluding tert-OH is 15. The number of hydrogen-bond acceptors (Lipinski definition) is 28. The number of carboxylic acid groups (broad SMARTS) is 1. The summed E-state index contributed by atoms with van der Waals surface area (Å²) in [6, 6.07) is -4.95. The van der Waals surface area contributed by atoms with Crippen LogP contribution in [-0.4, -0.2) is 297 Å². The lowest BCUT2D eigenvalue weighted by Crippen LogP contribution is -2.70. The molecule has 0 aliphatic carbocycles. The highest BCUT2D eigenvalue weighted by Gasteiger charge is 2.59. The fourth-order valence-corrected chi connectivity index (χ4v) is 8.83. The molecule has 0 saturated carbocycles. The molecule has 26 atom stereocenters. The van der Waals surface area contributed by atoms with Crippen molar-refractivity contribution in [1.82, 2.24) is 16.0 Å². The van der Waals surface area contributed by atoms with Gasteiger partial charge in [0.15, 0.2) is 25.2 Å². The molecule has 5 saturated heterocycles. The number of aliphatic hydroxyl groups is 15. The smallest absolute Gasteiger partial charge is 0.364 e. The number of hydrogen-bond donors (Lipinski definition) is 19. The fourth-order valence-electron chi connectivity index (χ4n) is 8.83. The molecule has 5 fully saturated rings. The van der Waals surface area contributed by atoms with E-state index in [0.29, 0.717) is 0 Å². The standard InChI is InChI=1S/C39H65N3O29/c1-10(47)40-19-13(50)4-39(38(61)62,71-32(19)22(52)14(51)5-43)63-9-18-23(53)27(57)28(58)36(67-18)68-30-17(8-46)66-35(20(26(30)56)41-11(2)48)70-33-25(55)16(7-45)65-37(29(33)59)69-31-21(42-12(3)49)34(60)64-15(6-44)24(31)54/h13-37,43-46,50-60H,4-9H2,1-3H3,(H,40,47)(H,41,48)(H,42,49)(H,61,62)/t13-,14+,15+,16+,17+,18+,19+,20+,21+,22+,23-,24-,25-,26+,27-,28+,29+,30+,31+,32+,33-,34?,35-,36-,37-,39+/m0/s1. The summed E-state index contributed by atoms with van der Waals surface area (Å²) in [4.78, 5) is 49.2. The minimum Gasteiger partial charge on any atom is -0.477 e. The van der Waals surface area contributed by atoms with E-state index < -0.39 is 222 Å². The Bertz CT molecular complexity index is 1780. The number of aliphatic carboxylic acids is 1. The fraction of sp³-hybridized carbons (Fsp3) is 0.897. The third-order valence-electron chi connectivity index (χ3n) is 12.5. The maximum atomic E-state index is 12.7. The zero-order valence-corrected chi connectivity index (χ0v) is 38.1. The Morgan fingerprint density at radius 1 is 0.563 bits per heavy atom. The predicted molar refractivity (Wildman–Crippen MR) is 219 cm³/mol. The van der Waals surface area contributed by atoms with Crippen molar-refractivity contribution < 1.29 is 144 Å². The highest BCUT2D eigenvalue weighted by molar-refractivity contribution is 5.76. The summed E-state index contributed by atoms with van der Waals surface area (Å²) in [6.07, 6.45) is -44.1. The molecule has 410 valence electrons. The molecule has 5 aliphatic heterocycles. The second kappa shape index (κ2) is 25.0. The first kappa shape index (κ1) is 58.8. The van der Waals surface area contributed by atoms with Crippen LogP contribution in [0.5, 0.6) is 0 Å². The van der Waals surface area contributed by atoms with E-state index in [9.17, 15) is 101 Å². The Balaban J connectivity index is 1.36. The van der Waals surface area contributed by atoms with Gasteiger partial charge >= 0.3 is 5.97 Å². The van der Waals surface area contributed by atoms with E-state index in [4.69, 9.17) is 42.6 Å². The van der Waals surface area contributed by atoms with Gasteiger partial charge in [-0.3, -0.25) is 14.4 Å². The Labute approximate surface area is 402 Å². The maximum absolute atomic E-state index is 12.7. The molecule has 5 rings (SSSR count). The van der Waals surface area contributed by atoms with Crippen molar-refractivity contribution in [3.05, 3.63) is 0 Å². The van der Waals surface area contributed by atoms with Crippen molar-refractivity contribution in [2.45, 2.75) is 186 Å². The Hall–Kier alpha value is -3.08. The zero-order chi connectivity index (χ0) is 53.0.